The molecule has 0 radical (unpaired) electrons. The molecule has 106 valence electrons. The number of hydrogen-bond acceptors (Lipinski definition) is 4. The van der Waals surface area contributed by atoms with Crippen LogP contribution in [0.2, 0.25) is 0 Å². The van der Waals surface area contributed by atoms with E-state index in [-0.39, 0.29) is 11.4 Å². The third-order valence-corrected chi connectivity index (χ3v) is 2.90. The van der Waals surface area contributed by atoms with Crippen molar-refractivity contribution < 1.29 is 14.7 Å². The van der Waals surface area contributed by atoms with Gasteiger partial charge in [0, 0.05) is 18.5 Å². The van der Waals surface area contributed by atoms with Crippen molar-refractivity contribution in [2.45, 2.75) is 45.2 Å². The van der Waals surface area contributed by atoms with E-state index in [1.807, 2.05) is 27.0 Å². The molecule has 0 heterocycles. The lowest BCUT2D eigenvalue weighted by Crippen LogP contribution is -2.43. The van der Waals surface area contributed by atoms with Gasteiger partial charge in [-0.05, 0) is 39.2 Å². The highest BCUT2D eigenvalue weighted by Crippen LogP contribution is 2.02. The molecule has 0 rings (SSSR count). The summed E-state index contributed by atoms with van der Waals surface area (Å²) in [5, 5.41) is 14.7. The highest BCUT2D eigenvalue weighted by Gasteiger charge is 2.19. The lowest BCUT2D eigenvalue weighted by Gasteiger charge is -2.20. The molecule has 6 heteroatoms. The van der Waals surface area contributed by atoms with Gasteiger partial charge in [0.15, 0.2) is 0 Å². The maximum atomic E-state index is 11.6. The van der Waals surface area contributed by atoms with Crippen LogP contribution in [-0.4, -0.2) is 47.1 Å². The zero-order valence-electron chi connectivity index (χ0n) is 11.6. The number of rotatable bonds is 8. The molecule has 0 aromatic rings. The predicted octanol–water partition coefficient (Wildman–Crippen LogP) is 1.09. The normalized spacial score (nSPS) is 13.1. The second kappa shape index (κ2) is 8.37. The van der Waals surface area contributed by atoms with Gasteiger partial charge in [-0.25, -0.2) is 4.79 Å². The summed E-state index contributed by atoms with van der Waals surface area (Å²) in [7, 11) is 0. The Labute approximate surface area is 113 Å². The number of nitrogens with one attached hydrogen (secondary N) is 2. The number of carboxylic acids is 1. The van der Waals surface area contributed by atoms with E-state index in [9.17, 15) is 9.59 Å². The number of thioether (sulfide) groups is 1. The molecule has 0 aromatic carbocycles. The largest absolute Gasteiger partial charge is 0.480 e. The molecule has 0 saturated carbocycles. The maximum absolute atomic E-state index is 11.6. The number of amides is 1. The first-order valence-electron chi connectivity index (χ1n) is 6.02. The summed E-state index contributed by atoms with van der Waals surface area (Å²) in [6, 6.07) is -0.778. The van der Waals surface area contributed by atoms with Gasteiger partial charge in [0.05, 0.1) is 0 Å². The highest BCUT2D eigenvalue weighted by molar-refractivity contribution is 7.98. The average Bonchev–Trinajstić information content (AvgIpc) is 2.21. The van der Waals surface area contributed by atoms with E-state index < -0.39 is 12.0 Å². The average molecular weight is 276 g/mol. The van der Waals surface area contributed by atoms with E-state index in [4.69, 9.17) is 5.11 Å². The minimum absolute atomic E-state index is 0.0364. The first kappa shape index (κ1) is 17.2. The fourth-order valence-corrected chi connectivity index (χ4v) is 1.78. The lowest BCUT2D eigenvalue weighted by molar-refractivity contribution is -0.141. The molecule has 0 spiro atoms. The molecule has 1 atom stereocenters. The van der Waals surface area contributed by atoms with Gasteiger partial charge in [0.1, 0.15) is 6.04 Å². The molecule has 0 fully saturated rings. The van der Waals surface area contributed by atoms with Gasteiger partial charge in [0.25, 0.3) is 0 Å². The van der Waals surface area contributed by atoms with E-state index in [1.165, 1.54) is 0 Å². The van der Waals surface area contributed by atoms with E-state index in [0.717, 1.165) is 5.75 Å². The van der Waals surface area contributed by atoms with Gasteiger partial charge in [-0.15, -0.1) is 0 Å². The van der Waals surface area contributed by atoms with Crippen LogP contribution in [-0.2, 0) is 9.59 Å². The quantitative estimate of drug-likeness (QED) is 0.618. The molecule has 0 aliphatic carbocycles. The smallest absolute Gasteiger partial charge is 0.326 e. The standard InChI is InChI=1S/C12H24N2O3S/c1-12(2,3)13-7-5-10(15)14-9(11(16)17)6-8-18-4/h9,13H,5-8H2,1-4H3,(H,14,15)(H,16,17). The predicted molar refractivity (Wildman–Crippen MR) is 74.9 cm³/mol. The van der Waals surface area contributed by atoms with Gasteiger partial charge in [-0.1, -0.05) is 0 Å². The van der Waals surface area contributed by atoms with Crippen LogP contribution >= 0.6 is 11.8 Å². The van der Waals surface area contributed by atoms with Gasteiger partial charge in [-0.3, -0.25) is 4.79 Å². The molecule has 0 saturated heterocycles. The fourth-order valence-electron chi connectivity index (χ4n) is 1.31. The lowest BCUT2D eigenvalue weighted by atomic mass is 10.1. The van der Waals surface area contributed by atoms with Crippen molar-refractivity contribution in [3.63, 3.8) is 0 Å². The van der Waals surface area contributed by atoms with Crippen molar-refractivity contribution >= 4 is 23.6 Å². The highest BCUT2D eigenvalue weighted by atomic mass is 32.2. The molecule has 0 aliphatic rings. The molecule has 3 N–H and O–H groups in total. The second-order valence-electron chi connectivity index (χ2n) is 5.17. The maximum Gasteiger partial charge on any atom is 0.326 e. The summed E-state index contributed by atoms with van der Waals surface area (Å²) < 4.78 is 0. The topological polar surface area (TPSA) is 78.4 Å². The Morgan fingerprint density at radius 3 is 2.39 bits per heavy atom. The molecule has 0 bridgehead atoms. The Balaban J connectivity index is 3.99. The van der Waals surface area contributed by atoms with E-state index in [1.54, 1.807) is 11.8 Å². The Morgan fingerprint density at radius 1 is 1.33 bits per heavy atom. The van der Waals surface area contributed by atoms with E-state index in [2.05, 4.69) is 10.6 Å². The number of carbonyl (C=O) groups is 2. The summed E-state index contributed by atoms with van der Waals surface area (Å²) in [5.41, 5.74) is -0.0364. The molecule has 18 heavy (non-hydrogen) atoms. The summed E-state index contributed by atoms with van der Waals surface area (Å²) in [5.74, 6) is -0.473. The van der Waals surface area contributed by atoms with Crippen molar-refractivity contribution in [2.24, 2.45) is 0 Å². The van der Waals surface area contributed by atoms with Crippen LogP contribution in [0, 0.1) is 0 Å². The van der Waals surface area contributed by atoms with Crippen LogP contribution in [0.4, 0.5) is 0 Å². The van der Waals surface area contributed by atoms with Crippen molar-refractivity contribution in [1.29, 1.82) is 0 Å². The Morgan fingerprint density at radius 2 is 1.94 bits per heavy atom. The van der Waals surface area contributed by atoms with Gasteiger partial charge in [0.2, 0.25) is 5.91 Å². The molecule has 0 aliphatic heterocycles. The van der Waals surface area contributed by atoms with Crippen LogP contribution in [0.5, 0.6) is 0 Å². The summed E-state index contributed by atoms with van der Waals surface area (Å²) in [4.78, 5) is 22.5. The minimum Gasteiger partial charge on any atom is -0.480 e. The van der Waals surface area contributed by atoms with Crippen molar-refractivity contribution in [3.8, 4) is 0 Å². The van der Waals surface area contributed by atoms with E-state index in [0.29, 0.717) is 19.4 Å². The molecule has 1 amide bonds. The van der Waals surface area contributed by atoms with Crippen LogP contribution < -0.4 is 10.6 Å². The molecular weight excluding hydrogens is 252 g/mol. The number of aliphatic carboxylic acids is 1. The number of hydrogen-bond donors (Lipinski definition) is 3. The second-order valence-corrected chi connectivity index (χ2v) is 6.15. The van der Waals surface area contributed by atoms with Gasteiger partial charge < -0.3 is 15.7 Å². The summed E-state index contributed by atoms with van der Waals surface area (Å²) in [6.07, 6.45) is 2.66. The van der Waals surface area contributed by atoms with Gasteiger partial charge in [-0.2, -0.15) is 11.8 Å². The van der Waals surface area contributed by atoms with Crippen molar-refractivity contribution in [2.75, 3.05) is 18.6 Å². The minimum atomic E-state index is -0.971. The Kier molecular flexibility index (Phi) is 8.02. The van der Waals surface area contributed by atoms with Crippen LogP contribution in [0.15, 0.2) is 0 Å². The molecule has 5 nitrogen and oxygen atoms in total. The zero-order chi connectivity index (χ0) is 14.2. The van der Waals surface area contributed by atoms with Crippen LogP contribution in [0.1, 0.15) is 33.6 Å². The third kappa shape index (κ3) is 9.30. The molecule has 0 aromatic heterocycles. The Hall–Kier alpha value is -0.750. The Bertz CT molecular complexity index is 277. The summed E-state index contributed by atoms with van der Waals surface area (Å²) >= 11 is 1.57. The summed E-state index contributed by atoms with van der Waals surface area (Å²) in [6.45, 7) is 6.60. The first-order valence-corrected chi connectivity index (χ1v) is 7.42. The van der Waals surface area contributed by atoms with Crippen molar-refractivity contribution in [1.82, 2.24) is 10.6 Å². The molecular formula is C12H24N2O3S. The number of carboxylic acid groups (broad SMARTS) is 1. The van der Waals surface area contributed by atoms with Gasteiger partial charge >= 0.3 is 5.97 Å². The first-order chi connectivity index (χ1) is 8.26. The van der Waals surface area contributed by atoms with Crippen LogP contribution in [0.3, 0.4) is 0 Å². The monoisotopic (exact) mass is 276 g/mol. The van der Waals surface area contributed by atoms with Crippen molar-refractivity contribution in [3.05, 3.63) is 0 Å². The molecule has 1 unspecified atom stereocenters. The SMILES string of the molecule is CSCCC(NC(=O)CCNC(C)(C)C)C(=O)O. The van der Waals surface area contributed by atoms with Crippen LogP contribution in [0.25, 0.3) is 0 Å². The third-order valence-electron chi connectivity index (χ3n) is 2.25. The number of carbonyl (C=O) groups excluding carboxylic acids is 1. The van der Waals surface area contributed by atoms with E-state index >= 15 is 0 Å². The zero-order valence-corrected chi connectivity index (χ0v) is 12.4. The fraction of sp³-hybridized carbons (Fsp3) is 0.833.